The van der Waals surface area contributed by atoms with Crippen molar-refractivity contribution in [1.82, 2.24) is 0 Å². The highest BCUT2D eigenvalue weighted by atomic mass is 16.5. The number of benzene rings is 1. The molecule has 2 atom stereocenters. The lowest BCUT2D eigenvalue weighted by Gasteiger charge is -2.25. The van der Waals surface area contributed by atoms with Crippen molar-refractivity contribution in [2.45, 2.75) is 84.3 Å². The number of hydrogen-bond acceptors (Lipinski definition) is 2. The van der Waals surface area contributed by atoms with Gasteiger partial charge in [0.2, 0.25) is 0 Å². The standard InChI is InChI=1S/C21H34O3/c1-3-5-7-12-16-20(19(21(22)23)15-9-6-4-2)24-17-18-13-10-8-11-14-18/h8,10-11,13-14,19-20H,3-7,9,12,15-17H2,1-2H3,(H,22,23)/t19-,20-/m1/s1. The molecule has 0 aliphatic carbocycles. The molecule has 3 nitrogen and oxygen atoms in total. The summed E-state index contributed by atoms with van der Waals surface area (Å²) in [5, 5.41) is 9.66. The Morgan fingerprint density at radius 2 is 1.58 bits per heavy atom. The zero-order chi connectivity index (χ0) is 17.6. The number of carboxylic acid groups (broad SMARTS) is 1. The molecule has 1 rings (SSSR count). The predicted octanol–water partition coefficient (Wildman–Crippen LogP) is 5.82. The van der Waals surface area contributed by atoms with Gasteiger partial charge >= 0.3 is 5.97 Å². The van der Waals surface area contributed by atoms with Crippen LogP contribution in [0.5, 0.6) is 0 Å². The number of unbranched alkanes of at least 4 members (excludes halogenated alkanes) is 5. The molecule has 0 heterocycles. The lowest BCUT2D eigenvalue weighted by Crippen LogP contribution is -2.31. The molecule has 0 saturated carbocycles. The van der Waals surface area contributed by atoms with E-state index in [-0.39, 0.29) is 12.0 Å². The molecule has 1 N–H and O–H groups in total. The van der Waals surface area contributed by atoms with E-state index in [0.717, 1.165) is 50.5 Å². The first-order valence-corrected chi connectivity index (χ1v) is 9.57. The average Bonchev–Trinajstić information content (AvgIpc) is 2.59. The van der Waals surface area contributed by atoms with Gasteiger partial charge in [0, 0.05) is 0 Å². The van der Waals surface area contributed by atoms with Crippen molar-refractivity contribution >= 4 is 5.97 Å². The highest BCUT2D eigenvalue weighted by Gasteiger charge is 2.28. The van der Waals surface area contributed by atoms with E-state index in [2.05, 4.69) is 13.8 Å². The second-order valence-corrected chi connectivity index (χ2v) is 6.62. The maximum absolute atomic E-state index is 11.8. The summed E-state index contributed by atoms with van der Waals surface area (Å²) < 4.78 is 6.08. The van der Waals surface area contributed by atoms with Gasteiger partial charge in [-0.3, -0.25) is 4.79 Å². The van der Waals surface area contributed by atoms with Crippen LogP contribution < -0.4 is 0 Å². The first-order chi connectivity index (χ1) is 11.7. The highest BCUT2D eigenvalue weighted by Crippen LogP contribution is 2.23. The molecular weight excluding hydrogens is 300 g/mol. The Balaban J connectivity index is 2.63. The first kappa shape index (κ1) is 20.7. The van der Waals surface area contributed by atoms with E-state index in [4.69, 9.17) is 4.74 Å². The number of carboxylic acids is 1. The van der Waals surface area contributed by atoms with Crippen LogP contribution in [-0.4, -0.2) is 17.2 Å². The van der Waals surface area contributed by atoms with Crippen molar-refractivity contribution in [3.8, 4) is 0 Å². The van der Waals surface area contributed by atoms with E-state index >= 15 is 0 Å². The molecule has 0 aliphatic heterocycles. The molecule has 1 aromatic rings. The van der Waals surface area contributed by atoms with Crippen molar-refractivity contribution in [3.05, 3.63) is 35.9 Å². The quantitative estimate of drug-likeness (QED) is 0.436. The topological polar surface area (TPSA) is 46.5 Å². The monoisotopic (exact) mass is 334 g/mol. The number of carbonyl (C=O) groups is 1. The molecule has 0 unspecified atom stereocenters. The smallest absolute Gasteiger partial charge is 0.309 e. The maximum atomic E-state index is 11.8. The molecule has 0 fully saturated rings. The SMILES string of the molecule is CCCCCC[C@@H](OCc1ccccc1)[C@@H](CCCCC)C(=O)O. The molecule has 0 aliphatic rings. The van der Waals surface area contributed by atoms with Gasteiger partial charge in [-0.25, -0.2) is 0 Å². The van der Waals surface area contributed by atoms with E-state index in [1.54, 1.807) is 0 Å². The fourth-order valence-electron chi connectivity index (χ4n) is 3.03. The summed E-state index contributed by atoms with van der Waals surface area (Å²) in [6, 6.07) is 10.0. The van der Waals surface area contributed by atoms with Gasteiger partial charge in [-0.15, -0.1) is 0 Å². The molecule has 136 valence electrons. The van der Waals surface area contributed by atoms with Gasteiger partial charge in [0.15, 0.2) is 0 Å². The van der Waals surface area contributed by atoms with Gasteiger partial charge in [0.05, 0.1) is 18.6 Å². The Hall–Kier alpha value is -1.35. The molecule has 0 amide bonds. The van der Waals surface area contributed by atoms with Crippen molar-refractivity contribution in [2.75, 3.05) is 0 Å². The van der Waals surface area contributed by atoms with Gasteiger partial charge in [0.1, 0.15) is 0 Å². The van der Waals surface area contributed by atoms with Crippen LogP contribution in [0.2, 0.25) is 0 Å². The fraction of sp³-hybridized carbons (Fsp3) is 0.667. The minimum absolute atomic E-state index is 0.184. The Kier molecular flexibility index (Phi) is 11.2. The summed E-state index contributed by atoms with van der Waals surface area (Å²) in [7, 11) is 0. The highest BCUT2D eigenvalue weighted by molar-refractivity contribution is 5.70. The average molecular weight is 335 g/mol. The molecule has 0 saturated heterocycles. The van der Waals surface area contributed by atoms with Crippen molar-refractivity contribution in [2.24, 2.45) is 5.92 Å². The fourth-order valence-corrected chi connectivity index (χ4v) is 3.03. The van der Waals surface area contributed by atoms with Crippen LogP contribution in [0.25, 0.3) is 0 Å². The summed E-state index contributed by atoms with van der Waals surface area (Å²) in [5.74, 6) is -1.10. The Labute approximate surface area is 147 Å². The van der Waals surface area contributed by atoms with E-state index in [1.165, 1.54) is 12.8 Å². The van der Waals surface area contributed by atoms with Crippen LogP contribution in [0.1, 0.15) is 77.2 Å². The van der Waals surface area contributed by atoms with Crippen LogP contribution in [-0.2, 0) is 16.1 Å². The van der Waals surface area contributed by atoms with Crippen molar-refractivity contribution in [3.63, 3.8) is 0 Å². The van der Waals surface area contributed by atoms with Crippen LogP contribution >= 0.6 is 0 Å². The van der Waals surface area contributed by atoms with Gasteiger partial charge in [-0.1, -0.05) is 89.1 Å². The Bertz CT molecular complexity index is 430. The van der Waals surface area contributed by atoms with E-state index in [1.807, 2.05) is 30.3 Å². The molecule has 1 aromatic carbocycles. The van der Waals surface area contributed by atoms with Crippen LogP contribution in [0.4, 0.5) is 0 Å². The number of rotatable bonds is 14. The second kappa shape index (κ2) is 13.0. The lowest BCUT2D eigenvalue weighted by atomic mass is 9.91. The van der Waals surface area contributed by atoms with Gasteiger partial charge < -0.3 is 9.84 Å². The van der Waals surface area contributed by atoms with Gasteiger partial charge in [-0.2, -0.15) is 0 Å². The lowest BCUT2D eigenvalue weighted by molar-refractivity contribution is -0.149. The van der Waals surface area contributed by atoms with E-state index in [0.29, 0.717) is 6.61 Å². The summed E-state index contributed by atoms with van der Waals surface area (Å²) in [4.78, 5) is 11.8. The second-order valence-electron chi connectivity index (χ2n) is 6.62. The Morgan fingerprint density at radius 1 is 0.958 bits per heavy atom. The summed E-state index contributed by atoms with van der Waals surface area (Å²) in [6.07, 6.45) is 9.14. The molecule has 3 heteroatoms. The van der Waals surface area contributed by atoms with Crippen LogP contribution in [0, 0.1) is 5.92 Å². The summed E-state index contributed by atoms with van der Waals surface area (Å²) in [6.45, 7) is 4.83. The van der Waals surface area contributed by atoms with Gasteiger partial charge in [-0.05, 0) is 18.4 Å². The minimum Gasteiger partial charge on any atom is -0.481 e. The van der Waals surface area contributed by atoms with Crippen molar-refractivity contribution < 1.29 is 14.6 Å². The number of ether oxygens (including phenoxy) is 1. The first-order valence-electron chi connectivity index (χ1n) is 9.57. The normalized spacial score (nSPS) is 13.6. The molecule has 0 bridgehead atoms. The van der Waals surface area contributed by atoms with Crippen LogP contribution in [0.15, 0.2) is 30.3 Å². The zero-order valence-corrected chi connectivity index (χ0v) is 15.4. The third-order valence-electron chi connectivity index (χ3n) is 4.53. The molecule has 0 spiro atoms. The van der Waals surface area contributed by atoms with Crippen LogP contribution in [0.3, 0.4) is 0 Å². The third-order valence-corrected chi connectivity index (χ3v) is 4.53. The molecule has 0 radical (unpaired) electrons. The maximum Gasteiger partial charge on any atom is 0.309 e. The number of hydrogen-bond donors (Lipinski definition) is 1. The largest absolute Gasteiger partial charge is 0.481 e. The minimum atomic E-state index is -0.709. The summed E-state index contributed by atoms with van der Waals surface area (Å²) in [5.41, 5.74) is 1.11. The van der Waals surface area contributed by atoms with Gasteiger partial charge in [0.25, 0.3) is 0 Å². The predicted molar refractivity (Wildman–Crippen MR) is 99.0 cm³/mol. The third kappa shape index (κ3) is 8.49. The molecule has 0 aromatic heterocycles. The van der Waals surface area contributed by atoms with E-state index < -0.39 is 5.97 Å². The molecule has 24 heavy (non-hydrogen) atoms. The Morgan fingerprint density at radius 3 is 2.21 bits per heavy atom. The zero-order valence-electron chi connectivity index (χ0n) is 15.4. The van der Waals surface area contributed by atoms with Crippen molar-refractivity contribution in [1.29, 1.82) is 0 Å². The molecular formula is C21H34O3. The van der Waals surface area contributed by atoms with E-state index in [9.17, 15) is 9.90 Å². The summed E-state index contributed by atoms with van der Waals surface area (Å²) >= 11 is 0. The number of aliphatic carboxylic acids is 1.